The van der Waals surface area contributed by atoms with Crippen LogP contribution >= 0.6 is 23.2 Å². The van der Waals surface area contributed by atoms with E-state index >= 15 is 0 Å². The van der Waals surface area contributed by atoms with Crippen molar-refractivity contribution in [1.29, 1.82) is 0 Å². The summed E-state index contributed by atoms with van der Waals surface area (Å²) in [6, 6.07) is 14.6. The van der Waals surface area contributed by atoms with E-state index in [2.05, 4.69) is 5.32 Å². The largest absolute Gasteiger partial charge is 0.387 e. The van der Waals surface area contributed by atoms with E-state index in [1.165, 1.54) is 0 Å². The van der Waals surface area contributed by atoms with Crippen molar-refractivity contribution in [1.82, 2.24) is 0 Å². The molecule has 0 saturated carbocycles. The minimum absolute atomic E-state index is 0.394. The van der Waals surface area contributed by atoms with E-state index in [1.807, 2.05) is 18.2 Å². The van der Waals surface area contributed by atoms with Gasteiger partial charge in [-0.05, 0) is 29.8 Å². The van der Waals surface area contributed by atoms with Crippen LogP contribution in [0.15, 0.2) is 48.5 Å². The number of aliphatic hydroxyl groups is 1. The highest BCUT2D eigenvalue weighted by atomic mass is 35.5. The smallest absolute Gasteiger partial charge is 0.0962 e. The van der Waals surface area contributed by atoms with Gasteiger partial charge in [0, 0.05) is 11.6 Å². The lowest BCUT2D eigenvalue weighted by molar-refractivity contribution is 0.191. The van der Waals surface area contributed by atoms with Crippen molar-refractivity contribution in [3.63, 3.8) is 0 Å². The Morgan fingerprint density at radius 2 is 1.67 bits per heavy atom. The fourth-order valence-corrected chi connectivity index (χ4v) is 1.94. The lowest BCUT2D eigenvalue weighted by Crippen LogP contribution is -2.12. The van der Waals surface area contributed by atoms with Gasteiger partial charge in [0.2, 0.25) is 0 Å². The lowest BCUT2D eigenvalue weighted by atomic mass is 10.1. The first-order valence-electron chi connectivity index (χ1n) is 5.59. The average Bonchev–Trinajstić information content (AvgIpc) is 2.38. The van der Waals surface area contributed by atoms with Crippen LogP contribution < -0.4 is 5.32 Å². The van der Waals surface area contributed by atoms with Gasteiger partial charge in [0.1, 0.15) is 0 Å². The molecule has 2 aromatic rings. The van der Waals surface area contributed by atoms with Gasteiger partial charge in [0.15, 0.2) is 0 Å². The highest BCUT2D eigenvalue weighted by Crippen LogP contribution is 2.22. The Morgan fingerprint density at radius 3 is 2.33 bits per heavy atom. The Kier molecular flexibility index (Phi) is 4.48. The summed E-state index contributed by atoms with van der Waals surface area (Å²) < 4.78 is 0. The Hall–Kier alpha value is -1.22. The van der Waals surface area contributed by atoms with Gasteiger partial charge in [-0.1, -0.05) is 47.5 Å². The topological polar surface area (TPSA) is 32.3 Å². The molecule has 0 aliphatic rings. The van der Waals surface area contributed by atoms with Crippen molar-refractivity contribution in [2.24, 2.45) is 0 Å². The zero-order valence-corrected chi connectivity index (χ0v) is 11.1. The van der Waals surface area contributed by atoms with Gasteiger partial charge in [0.05, 0.1) is 16.8 Å². The van der Waals surface area contributed by atoms with Crippen molar-refractivity contribution >= 4 is 28.9 Å². The minimum atomic E-state index is -0.599. The SMILES string of the molecule is OC(CNc1ccccc1Cl)c1ccc(Cl)cc1. The lowest BCUT2D eigenvalue weighted by Gasteiger charge is -2.14. The monoisotopic (exact) mass is 281 g/mol. The van der Waals surface area contributed by atoms with Crippen molar-refractivity contribution in [2.75, 3.05) is 11.9 Å². The van der Waals surface area contributed by atoms with E-state index in [4.69, 9.17) is 23.2 Å². The van der Waals surface area contributed by atoms with Crippen molar-refractivity contribution < 1.29 is 5.11 Å². The van der Waals surface area contributed by atoms with Crippen LogP contribution in [0.25, 0.3) is 0 Å². The Morgan fingerprint density at radius 1 is 1.00 bits per heavy atom. The quantitative estimate of drug-likeness (QED) is 0.883. The Labute approximate surface area is 116 Å². The van der Waals surface area contributed by atoms with E-state index in [9.17, 15) is 5.11 Å². The molecule has 0 radical (unpaired) electrons. The summed E-state index contributed by atoms with van der Waals surface area (Å²) in [5.74, 6) is 0. The summed E-state index contributed by atoms with van der Waals surface area (Å²) in [5.41, 5.74) is 1.63. The van der Waals surface area contributed by atoms with E-state index in [0.29, 0.717) is 16.6 Å². The van der Waals surface area contributed by atoms with Crippen LogP contribution in [0.1, 0.15) is 11.7 Å². The van der Waals surface area contributed by atoms with Crippen LogP contribution in [0.4, 0.5) is 5.69 Å². The van der Waals surface area contributed by atoms with E-state index in [-0.39, 0.29) is 0 Å². The van der Waals surface area contributed by atoms with Gasteiger partial charge in [-0.15, -0.1) is 0 Å². The molecule has 0 amide bonds. The Balaban J connectivity index is 1.98. The summed E-state index contributed by atoms with van der Waals surface area (Å²) in [7, 11) is 0. The second-order valence-electron chi connectivity index (χ2n) is 3.93. The molecule has 1 unspecified atom stereocenters. The molecule has 2 N–H and O–H groups in total. The van der Waals surface area contributed by atoms with E-state index < -0.39 is 6.10 Å². The van der Waals surface area contributed by atoms with Crippen molar-refractivity contribution in [3.8, 4) is 0 Å². The normalized spacial score (nSPS) is 12.2. The first-order chi connectivity index (χ1) is 8.66. The molecule has 94 valence electrons. The maximum absolute atomic E-state index is 10.0. The molecule has 2 nitrogen and oxygen atoms in total. The van der Waals surface area contributed by atoms with Crippen LogP contribution in [0.3, 0.4) is 0 Å². The maximum Gasteiger partial charge on any atom is 0.0962 e. The molecule has 0 fully saturated rings. The van der Waals surface area contributed by atoms with Crippen LogP contribution in [0, 0.1) is 0 Å². The first kappa shape index (κ1) is 13.2. The molecule has 0 bridgehead atoms. The van der Waals surface area contributed by atoms with E-state index in [1.54, 1.807) is 30.3 Å². The van der Waals surface area contributed by atoms with Gasteiger partial charge in [-0.2, -0.15) is 0 Å². The number of hydrogen-bond donors (Lipinski definition) is 2. The molecule has 4 heteroatoms. The number of rotatable bonds is 4. The molecule has 2 aromatic carbocycles. The summed E-state index contributed by atoms with van der Waals surface area (Å²) in [4.78, 5) is 0. The summed E-state index contributed by atoms with van der Waals surface area (Å²) in [6.07, 6.45) is -0.599. The molecule has 0 aliphatic heterocycles. The number of benzene rings is 2. The predicted octanol–water partition coefficient (Wildman–Crippen LogP) is 4.14. The molecule has 18 heavy (non-hydrogen) atoms. The number of nitrogens with one attached hydrogen (secondary N) is 1. The minimum Gasteiger partial charge on any atom is -0.387 e. The standard InChI is InChI=1S/C14H13Cl2NO/c15-11-7-5-10(6-8-11)14(18)9-17-13-4-2-1-3-12(13)16/h1-8,14,17-18H,9H2. The van der Waals surface area contributed by atoms with Gasteiger partial charge in [-0.25, -0.2) is 0 Å². The molecule has 0 aromatic heterocycles. The third kappa shape index (κ3) is 3.39. The summed E-state index contributed by atoms with van der Waals surface area (Å²) >= 11 is 11.8. The Bertz CT molecular complexity index is 513. The maximum atomic E-state index is 10.0. The molecular weight excluding hydrogens is 269 g/mol. The molecular formula is C14H13Cl2NO. The molecule has 0 aliphatic carbocycles. The van der Waals surface area contributed by atoms with Gasteiger partial charge in [-0.3, -0.25) is 0 Å². The molecule has 1 atom stereocenters. The number of aliphatic hydroxyl groups excluding tert-OH is 1. The van der Waals surface area contributed by atoms with E-state index in [0.717, 1.165) is 11.3 Å². The average molecular weight is 282 g/mol. The molecule has 0 spiro atoms. The number of halogens is 2. The summed E-state index contributed by atoms with van der Waals surface area (Å²) in [6.45, 7) is 0.394. The predicted molar refractivity (Wildman–Crippen MR) is 76.4 cm³/mol. The first-order valence-corrected chi connectivity index (χ1v) is 6.34. The second-order valence-corrected chi connectivity index (χ2v) is 4.77. The third-order valence-electron chi connectivity index (χ3n) is 2.61. The molecule has 0 heterocycles. The molecule has 2 rings (SSSR count). The van der Waals surface area contributed by atoms with Crippen molar-refractivity contribution in [2.45, 2.75) is 6.10 Å². The fraction of sp³-hybridized carbons (Fsp3) is 0.143. The van der Waals surface area contributed by atoms with Crippen LogP contribution in [-0.4, -0.2) is 11.7 Å². The van der Waals surface area contributed by atoms with Crippen LogP contribution in [0.2, 0.25) is 10.0 Å². The highest BCUT2D eigenvalue weighted by molar-refractivity contribution is 6.33. The third-order valence-corrected chi connectivity index (χ3v) is 3.20. The van der Waals surface area contributed by atoms with Gasteiger partial charge in [0.25, 0.3) is 0 Å². The van der Waals surface area contributed by atoms with Crippen molar-refractivity contribution in [3.05, 3.63) is 64.1 Å². The van der Waals surface area contributed by atoms with Gasteiger partial charge >= 0.3 is 0 Å². The zero-order chi connectivity index (χ0) is 13.0. The number of para-hydroxylation sites is 1. The van der Waals surface area contributed by atoms with Gasteiger partial charge < -0.3 is 10.4 Å². The summed E-state index contributed by atoms with van der Waals surface area (Å²) in [5, 5.41) is 14.4. The second kappa shape index (κ2) is 6.10. The fourth-order valence-electron chi connectivity index (χ4n) is 1.61. The number of anilines is 1. The zero-order valence-electron chi connectivity index (χ0n) is 9.61. The van der Waals surface area contributed by atoms with Crippen LogP contribution in [0.5, 0.6) is 0 Å². The molecule has 0 saturated heterocycles. The number of hydrogen-bond acceptors (Lipinski definition) is 2. The van der Waals surface area contributed by atoms with Crippen LogP contribution in [-0.2, 0) is 0 Å². The highest BCUT2D eigenvalue weighted by Gasteiger charge is 2.07.